The molecular formula is C52H74BCl3N6O4P8Pd. The molecule has 4 fully saturated rings. The molecule has 410 valence electrons. The molecule has 12 unspecified atom stereocenters. The first-order valence-corrected chi connectivity index (χ1v) is 40.9. The first-order valence-electron chi connectivity index (χ1n) is 25.5. The van der Waals surface area contributed by atoms with E-state index in [1.807, 2.05) is 36.4 Å². The molecule has 4 aromatic heterocycles. The van der Waals surface area contributed by atoms with Crippen molar-refractivity contribution in [2.24, 2.45) is 0 Å². The third-order valence-electron chi connectivity index (χ3n) is 15.3. The van der Waals surface area contributed by atoms with E-state index in [1.165, 1.54) is 70.5 Å². The van der Waals surface area contributed by atoms with Gasteiger partial charge in [0.1, 0.15) is 21.7 Å². The van der Waals surface area contributed by atoms with Crippen LogP contribution >= 0.6 is 100 Å². The van der Waals surface area contributed by atoms with Crippen LogP contribution in [0.15, 0.2) is 60.7 Å². The number of rotatable bonds is 8. The van der Waals surface area contributed by atoms with Crippen LogP contribution < -0.4 is 5.59 Å². The summed E-state index contributed by atoms with van der Waals surface area (Å²) in [6.07, 6.45) is 14.4. The summed E-state index contributed by atoms with van der Waals surface area (Å²) in [4.78, 5) is 8.74. The van der Waals surface area contributed by atoms with E-state index in [2.05, 4.69) is 101 Å². The number of benzene rings is 2. The zero-order chi connectivity index (χ0) is 51.7. The maximum absolute atomic E-state index is 6.45. The summed E-state index contributed by atoms with van der Waals surface area (Å²) in [5, 5.41) is 15.8. The van der Waals surface area contributed by atoms with Crippen molar-refractivity contribution in [2.45, 2.75) is 167 Å². The summed E-state index contributed by atoms with van der Waals surface area (Å²) in [5.74, 6) is 0. The third kappa shape index (κ3) is 14.3. The minimum atomic E-state index is -0.306. The van der Waals surface area contributed by atoms with Crippen molar-refractivity contribution in [1.29, 1.82) is 0 Å². The minimum absolute atomic E-state index is 0. The van der Waals surface area contributed by atoms with Crippen molar-refractivity contribution in [3.8, 4) is 11.4 Å². The van der Waals surface area contributed by atoms with Crippen LogP contribution in [-0.4, -0.2) is 61.1 Å². The number of ether oxygens (including phenoxy) is 2. The zero-order valence-corrected chi connectivity index (χ0v) is 55.2. The summed E-state index contributed by atoms with van der Waals surface area (Å²) in [6, 6.07) is 19.8. The molecule has 3 saturated heterocycles. The van der Waals surface area contributed by atoms with E-state index in [9.17, 15) is 0 Å². The molecular weight excluding hydrogens is 1240 g/mol. The molecule has 75 heavy (non-hydrogen) atoms. The number of halogens is 3. The number of hydrogen-bond donors (Lipinski definition) is 0. The predicted molar refractivity (Wildman–Crippen MR) is 337 cm³/mol. The molecule has 2 aromatic carbocycles. The Morgan fingerprint density at radius 3 is 1.79 bits per heavy atom. The van der Waals surface area contributed by atoms with Gasteiger partial charge in [-0.05, 0) is 126 Å². The largest absolute Gasteiger partial charge is 0.514 e. The summed E-state index contributed by atoms with van der Waals surface area (Å²) in [7, 11) is 13.0. The van der Waals surface area contributed by atoms with Gasteiger partial charge in [-0.3, -0.25) is 0 Å². The van der Waals surface area contributed by atoms with Crippen LogP contribution in [-0.2, 0) is 62.9 Å². The number of fused-ring (bicyclic) bond motifs is 5. The van der Waals surface area contributed by atoms with Gasteiger partial charge in [0, 0.05) is 67.2 Å². The molecule has 0 amide bonds. The second-order valence-corrected chi connectivity index (χ2v) is 45.5. The number of pyridine rings is 2. The van der Waals surface area contributed by atoms with Crippen LogP contribution in [0.3, 0.4) is 0 Å². The molecule has 0 N–H and O–H groups in total. The first-order chi connectivity index (χ1) is 35.0. The SMILES string of the molecule is C.CC1(C)CCCc2c1nn(C1CCCCO1)c2-c1nc(Cl)cc2ccccc12.CC1(C)CCCc2c1nn(C1CCCCO1)c2B1OC2(C)CC2(C)O1.Clc1cc2ccccc2c(Cl)n1.PPPPP(P)PP.[Pd]. The quantitative estimate of drug-likeness (QED) is 0.0844. The van der Waals surface area contributed by atoms with Crippen LogP contribution in [0.2, 0.25) is 15.5 Å². The summed E-state index contributed by atoms with van der Waals surface area (Å²) in [6.45, 7) is 15.5. The maximum atomic E-state index is 6.45. The molecule has 12 atom stereocenters. The molecule has 0 bridgehead atoms. The topological polar surface area (TPSA) is 98.3 Å². The van der Waals surface area contributed by atoms with E-state index in [1.54, 1.807) is 6.07 Å². The van der Waals surface area contributed by atoms with Crippen molar-refractivity contribution < 1.29 is 39.2 Å². The van der Waals surface area contributed by atoms with E-state index >= 15 is 0 Å². The van der Waals surface area contributed by atoms with E-state index in [0.717, 1.165) is 119 Å². The van der Waals surface area contributed by atoms with Gasteiger partial charge in [-0.1, -0.05) is 150 Å². The normalized spacial score (nSPS) is 24.9. The average molecular weight is 1320 g/mol. The second kappa shape index (κ2) is 27.3. The fraction of sp³-hybridized carbons (Fsp3) is 0.538. The van der Waals surface area contributed by atoms with Gasteiger partial charge in [0.25, 0.3) is 0 Å². The number of nitrogens with zero attached hydrogens (tertiary/aromatic N) is 6. The molecule has 7 heterocycles. The van der Waals surface area contributed by atoms with Crippen molar-refractivity contribution in [3.63, 3.8) is 0 Å². The second-order valence-electron chi connectivity index (χ2n) is 21.5. The third-order valence-corrected chi connectivity index (χ3v) is 46.9. The van der Waals surface area contributed by atoms with Gasteiger partial charge < -0.3 is 18.8 Å². The minimum Gasteiger partial charge on any atom is -0.398 e. The zero-order valence-electron chi connectivity index (χ0n) is 43.1. The standard InChI is InChI=1S/C23H26ClN3O.C19H29BN2O3.C9H5Cl2N.CH4.H10P8.Pd/c1-23(2)12-7-10-17-21(27(26-22(17)23)19-11-5-6-13-28-19)20-16-9-4-3-8-15(16)14-18(24)25-20;1-17(2)10-7-8-13-15(17)21-22(14-9-5-6-11-23-14)16(13)20-24-18(3)12-19(18,4)25-20;10-8-5-6-3-1-2-4-7(6)9(11)12-8;;1-4-6-7-8(3)5-2;/h3-4,8-9,14,19H,5-7,10-13H2,1-2H3;14H,5-12H2,1-4H3;1-5H;1H4;4-7H,1-3H2;. The van der Waals surface area contributed by atoms with E-state index in [-0.39, 0.29) is 69.5 Å². The first kappa shape index (κ1) is 63.1. The van der Waals surface area contributed by atoms with Crippen molar-refractivity contribution in [1.82, 2.24) is 29.5 Å². The Morgan fingerprint density at radius 2 is 1.21 bits per heavy atom. The van der Waals surface area contributed by atoms with Gasteiger partial charge in [-0.2, -0.15) is 10.2 Å². The number of aromatic nitrogens is 6. The molecule has 0 spiro atoms. The van der Waals surface area contributed by atoms with Crippen molar-refractivity contribution in [2.75, 3.05) is 13.2 Å². The summed E-state index contributed by atoms with van der Waals surface area (Å²) < 4.78 is 29.3. The van der Waals surface area contributed by atoms with Crippen molar-refractivity contribution >= 4 is 135 Å². The van der Waals surface area contributed by atoms with E-state index in [4.69, 9.17) is 68.8 Å². The average Bonchev–Trinajstić information content (AvgIpc) is 3.75. The molecule has 0 radical (unpaired) electrons. The Labute approximate surface area is 489 Å². The van der Waals surface area contributed by atoms with Gasteiger partial charge in [-0.25, -0.2) is 19.3 Å². The molecule has 6 aromatic rings. The Bertz CT molecular complexity index is 2900. The summed E-state index contributed by atoms with van der Waals surface area (Å²) >= 11 is 18.0. The number of hydrogen-bond acceptors (Lipinski definition) is 8. The Kier molecular flexibility index (Phi) is 23.0. The fourth-order valence-electron chi connectivity index (χ4n) is 11.1. The molecule has 23 heteroatoms. The summed E-state index contributed by atoms with van der Waals surface area (Å²) in [5.41, 5.74) is 8.17. The van der Waals surface area contributed by atoms with Gasteiger partial charge in [0.15, 0.2) is 6.23 Å². The molecule has 12 rings (SSSR count). The molecule has 1 saturated carbocycles. The van der Waals surface area contributed by atoms with Crippen LogP contribution in [0.4, 0.5) is 0 Å². The van der Waals surface area contributed by atoms with Gasteiger partial charge in [0.05, 0.1) is 39.6 Å². The monoisotopic (exact) mass is 1320 g/mol. The van der Waals surface area contributed by atoms with Gasteiger partial charge in [0.2, 0.25) is 0 Å². The van der Waals surface area contributed by atoms with Crippen LogP contribution in [0.1, 0.15) is 155 Å². The molecule has 6 aliphatic rings. The molecule has 3 aliphatic heterocycles. The predicted octanol–water partition coefficient (Wildman–Crippen LogP) is 17.3. The van der Waals surface area contributed by atoms with Crippen LogP contribution in [0.25, 0.3) is 32.9 Å². The molecule has 10 nitrogen and oxygen atoms in total. The van der Waals surface area contributed by atoms with E-state index in [0.29, 0.717) is 22.4 Å². The molecule has 3 aliphatic carbocycles. The Hall–Kier alpha value is 0.557. The Balaban J connectivity index is 0.000000159. The van der Waals surface area contributed by atoms with Crippen LogP contribution in [0, 0.1) is 0 Å². The fourth-order valence-corrected chi connectivity index (χ4v) is 42.0. The van der Waals surface area contributed by atoms with E-state index < -0.39 is 0 Å². The Morgan fingerprint density at radius 1 is 0.693 bits per heavy atom. The van der Waals surface area contributed by atoms with Gasteiger partial charge in [-0.15, -0.1) is 26.8 Å². The van der Waals surface area contributed by atoms with Crippen LogP contribution in [0.5, 0.6) is 0 Å². The maximum Gasteiger partial charge on any atom is 0.514 e. The smallest absolute Gasteiger partial charge is 0.398 e. The van der Waals surface area contributed by atoms with Gasteiger partial charge >= 0.3 is 7.12 Å². The van der Waals surface area contributed by atoms with Crippen molar-refractivity contribution in [3.05, 3.63) is 98.6 Å².